The number of hydrogen-bond donors (Lipinski definition) is 0. The van der Waals surface area contributed by atoms with Crippen LogP contribution in [0, 0.1) is 23.7 Å². The summed E-state index contributed by atoms with van der Waals surface area (Å²) >= 11 is 0. The number of fused-ring (bicyclic) bond motifs is 2. The van der Waals surface area contributed by atoms with E-state index in [1.807, 2.05) is 24.3 Å². The first-order valence-electron chi connectivity index (χ1n) is 7.26. The van der Waals surface area contributed by atoms with E-state index in [-0.39, 0.29) is 0 Å². The summed E-state index contributed by atoms with van der Waals surface area (Å²) in [5.74, 6) is 15.1. The van der Waals surface area contributed by atoms with Gasteiger partial charge in [-0.1, -0.05) is 23.7 Å². The summed E-state index contributed by atoms with van der Waals surface area (Å²) in [6.45, 7) is 0. The second-order valence-corrected chi connectivity index (χ2v) is 5.01. The van der Waals surface area contributed by atoms with Crippen molar-refractivity contribution < 1.29 is 18.9 Å². The van der Waals surface area contributed by atoms with Gasteiger partial charge in [-0.15, -0.1) is 0 Å². The van der Waals surface area contributed by atoms with Crippen LogP contribution in [0.25, 0.3) is 0 Å². The monoisotopic (exact) mass is 320 g/mol. The highest BCUT2D eigenvalue weighted by Crippen LogP contribution is 2.32. The van der Waals surface area contributed by atoms with E-state index in [1.54, 1.807) is 28.4 Å². The molecule has 0 atom stereocenters. The van der Waals surface area contributed by atoms with Gasteiger partial charge < -0.3 is 18.9 Å². The minimum atomic E-state index is 0.625. The predicted octanol–water partition coefficient (Wildman–Crippen LogP) is 2.83. The molecule has 0 radical (unpaired) electrons. The molecule has 0 aliphatic heterocycles. The summed E-state index contributed by atoms with van der Waals surface area (Å²) in [6, 6.07) is 7.34. The molecule has 0 N–H and O–H groups in total. The molecule has 0 unspecified atom stereocenters. The van der Waals surface area contributed by atoms with Crippen LogP contribution in [0.15, 0.2) is 24.3 Å². The van der Waals surface area contributed by atoms with Crippen molar-refractivity contribution in [3.63, 3.8) is 0 Å². The fourth-order valence-corrected chi connectivity index (χ4v) is 2.44. The molecule has 2 aromatic rings. The fraction of sp³-hybridized carbons (Fsp3) is 0.200. The van der Waals surface area contributed by atoms with Crippen LogP contribution >= 0.6 is 0 Å². The zero-order chi connectivity index (χ0) is 17.1. The molecule has 120 valence electrons. The molecular weight excluding hydrogens is 304 g/mol. The second-order valence-electron chi connectivity index (χ2n) is 5.01. The Labute approximate surface area is 141 Å². The molecule has 4 nitrogen and oxygen atoms in total. The van der Waals surface area contributed by atoms with Gasteiger partial charge in [0.25, 0.3) is 0 Å². The molecule has 1 aliphatic carbocycles. The molecule has 0 bridgehead atoms. The van der Waals surface area contributed by atoms with Crippen LogP contribution in [0.1, 0.15) is 22.3 Å². The van der Waals surface area contributed by atoms with Crippen LogP contribution in [0.2, 0.25) is 0 Å². The Balaban J connectivity index is 2.18. The minimum Gasteiger partial charge on any atom is -0.493 e. The maximum absolute atomic E-state index is 5.33. The van der Waals surface area contributed by atoms with Gasteiger partial charge in [0.05, 0.1) is 28.4 Å². The van der Waals surface area contributed by atoms with Crippen molar-refractivity contribution in [1.82, 2.24) is 0 Å². The van der Waals surface area contributed by atoms with Crippen molar-refractivity contribution in [2.75, 3.05) is 28.4 Å². The van der Waals surface area contributed by atoms with E-state index in [4.69, 9.17) is 18.9 Å². The van der Waals surface area contributed by atoms with E-state index in [9.17, 15) is 0 Å². The first kappa shape index (κ1) is 15.6. The molecule has 1 aliphatic rings. The largest absolute Gasteiger partial charge is 0.493 e. The lowest BCUT2D eigenvalue weighted by Gasteiger charge is -2.11. The maximum Gasteiger partial charge on any atom is 0.162 e. The molecule has 0 aromatic heterocycles. The maximum atomic E-state index is 5.33. The Hall–Kier alpha value is -3.24. The lowest BCUT2D eigenvalue weighted by atomic mass is 10.0. The molecule has 2 aromatic carbocycles. The van der Waals surface area contributed by atoms with Crippen LogP contribution in [-0.2, 0) is 0 Å². The van der Waals surface area contributed by atoms with Gasteiger partial charge in [-0.3, -0.25) is 0 Å². The van der Waals surface area contributed by atoms with E-state index in [2.05, 4.69) is 23.7 Å². The van der Waals surface area contributed by atoms with Gasteiger partial charge in [0.2, 0.25) is 0 Å². The highest BCUT2D eigenvalue weighted by Gasteiger charge is 2.12. The number of methoxy groups -OCH3 is 4. The summed E-state index contributed by atoms with van der Waals surface area (Å²) in [4.78, 5) is 0. The van der Waals surface area contributed by atoms with Crippen molar-refractivity contribution in [3.8, 4) is 46.7 Å². The van der Waals surface area contributed by atoms with E-state index < -0.39 is 0 Å². The SMILES string of the molecule is COc1cc2c(cc1OC)C#Cc1cc(OC)c(OC)cc1C#C2. The number of benzene rings is 2. The van der Waals surface area contributed by atoms with Gasteiger partial charge in [0, 0.05) is 46.5 Å². The molecule has 3 rings (SSSR count). The summed E-state index contributed by atoms with van der Waals surface area (Å²) in [5, 5.41) is 0. The minimum absolute atomic E-state index is 0.625. The Morgan fingerprint density at radius 3 is 0.833 bits per heavy atom. The number of ether oxygens (including phenoxy) is 4. The molecule has 0 saturated heterocycles. The van der Waals surface area contributed by atoms with Crippen molar-refractivity contribution in [1.29, 1.82) is 0 Å². The average Bonchev–Trinajstić information content (AvgIpc) is 2.62. The highest BCUT2D eigenvalue weighted by atomic mass is 16.5. The molecule has 24 heavy (non-hydrogen) atoms. The first-order chi connectivity index (χ1) is 11.7. The molecule has 4 heteroatoms. The fourth-order valence-electron chi connectivity index (χ4n) is 2.44. The van der Waals surface area contributed by atoms with E-state index in [0.717, 1.165) is 22.3 Å². The van der Waals surface area contributed by atoms with E-state index in [1.165, 1.54) is 0 Å². The van der Waals surface area contributed by atoms with Gasteiger partial charge in [0.1, 0.15) is 0 Å². The van der Waals surface area contributed by atoms with Gasteiger partial charge in [0.15, 0.2) is 23.0 Å². The van der Waals surface area contributed by atoms with Crippen molar-refractivity contribution in [3.05, 3.63) is 46.5 Å². The number of rotatable bonds is 4. The van der Waals surface area contributed by atoms with Crippen LogP contribution in [0.5, 0.6) is 23.0 Å². The highest BCUT2D eigenvalue weighted by molar-refractivity contribution is 5.66. The Morgan fingerprint density at radius 1 is 0.458 bits per heavy atom. The third-order valence-electron chi connectivity index (χ3n) is 3.71. The molecule has 0 amide bonds. The Bertz CT molecular complexity index is 773. The lowest BCUT2D eigenvalue weighted by Crippen LogP contribution is -1.97. The topological polar surface area (TPSA) is 36.9 Å². The van der Waals surface area contributed by atoms with Crippen molar-refractivity contribution >= 4 is 0 Å². The summed E-state index contributed by atoms with van der Waals surface area (Å²) in [7, 11) is 6.38. The quantitative estimate of drug-likeness (QED) is 0.693. The first-order valence-corrected chi connectivity index (χ1v) is 7.26. The zero-order valence-electron chi connectivity index (χ0n) is 13.9. The third kappa shape index (κ3) is 2.71. The summed E-state index contributed by atoms with van der Waals surface area (Å²) < 4.78 is 21.3. The summed E-state index contributed by atoms with van der Waals surface area (Å²) in [5.41, 5.74) is 3.17. The Kier molecular flexibility index (Phi) is 4.22. The Morgan fingerprint density at radius 2 is 0.667 bits per heavy atom. The van der Waals surface area contributed by atoms with E-state index in [0.29, 0.717) is 23.0 Å². The molecule has 0 saturated carbocycles. The molecule has 0 fully saturated rings. The smallest absolute Gasteiger partial charge is 0.162 e. The van der Waals surface area contributed by atoms with Crippen LogP contribution in [-0.4, -0.2) is 28.4 Å². The molecular formula is C20H16O4. The van der Waals surface area contributed by atoms with Crippen molar-refractivity contribution in [2.24, 2.45) is 0 Å². The van der Waals surface area contributed by atoms with Gasteiger partial charge in [-0.2, -0.15) is 0 Å². The zero-order valence-corrected chi connectivity index (χ0v) is 13.9. The van der Waals surface area contributed by atoms with Gasteiger partial charge >= 0.3 is 0 Å². The normalized spacial score (nSPS) is 10.5. The van der Waals surface area contributed by atoms with Gasteiger partial charge in [-0.05, 0) is 0 Å². The molecule has 0 heterocycles. The standard InChI is InChI=1S/C20H16O4/c1-21-17-9-13-5-6-15-11-19(23-3)20(24-4)12-16(15)8-7-14(13)10-18(17)22-2/h9-12H,1-4H3. The number of hydrogen-bond acceptors (Lipinski definition) is 4. The average molecular weight is 320 g/mol. The predicted molar refractivity (Wildman–Crippen MR) is 91.1 cm³/mol. The summed E-state index contributed by atoms with van der Waals surface area (Å²) in [6.07, 6.45) is 0. The second kappa shape index (κ2) is 6.48. The lowest BCUT2D eigenvalue weighted by molar-refractivity contribution is 0.354. The third-order valence-corrected chi connectivity index (χ3v) is 3.71. The van der Waals surface area contributed by atoms with Crippen molar-refractivity contribution in [2.45, 2.75) is 0 Å². The van der Waals surface area contributed by atoms with E-state index >= 15 is 0 Å². The van der Waals surface area contributed by atoms with Gasteiger partial charge in [-0.25, -0.2) is 0 Å². The van der Waals surface area contributed by atoms with Crippen LogP contribution in [0.4, 0.5) is 0 Å². The van der Waals surface area contributed by atoms with Crippen LogP contribution < -0.4 is 18.9 Å². The van der Waals surface area contributed by atoms with Crippen LogP contribution in [0.3, 0.4) is 0 Å². The molecule has 0 spiro atoms.